The number of hydrogen-bond donors (Lipinski definition) is 2. The third-order valence-corrected chi connectivity index (χ3v) is 6.48. The van der Waals surface area contributed by atoms with E-state index >= 15 is 0 Å². The van der Waals surface area contributed by atoms with E-state index in [1.807, 2.05) is 0 Å². The average molecular weight is 411 g/mol. The van der Waals surface area contributed by atoms with Crippen LogP contribution in [-0.4, -0.2) is 88.3 Å². The molecule has 168 valence electrons. The van der Waals surface area contributed by atoms with Crippen molar-refractivity contribution in [3.63, 3.8) is 0 Å². The average Bonchev–Trinajstić information content (AvgIpc) is 2.79. The first-order chi connectivity index (χ1) is 14.3. The summed E-state index contributed by atoms with van der Waals surface area (Å²) in [6, 6.07) is 0. The highest BCUT2D eigenvalue weighted by Crippen LogP contribution is 2.34. The molecular weight excluding hydrogens is 368 g/mol. The Bertz CT molecular complexity index is 471. The van der Waals surface area contributed by atoms with Gasteiger partial charge in [-0.1, -0.05) is 19.3 Å². The molecule has 0 aromatic heterocycles. The van der Waals surface area contributed by atoms with Gasteiger partial charge < -0.3 is 24.8 Å². The summed E-state index contributed by atoms with van der Waals surface area (Å²) in [5.41, 5.74) is 0.219. The number of nitrogens with one attached hydrogen (secondary N) is 2. The molecule has 0 atom stereocenters. The van der Waals surface area contributed by atoms with Gasteiger partial charge in [0.2, 0.25) is 0 Å². The van der Waals surface area contributed by atoms with Crippen LogP contribution in [0.1, 0.15) is 58.3 Å². The van der Waals surface area contributed by atoms with Crippen LogP contribution in [-0.2, 0) is 14.2 Å². The van der Waals surface area contributed by atoms with Crippen molar-refractivity contribution in [2.45, 2.75) is 69.9 Å². The van der Waals surface area contributed by atoms with Crippen LogP contribution in [0.3, 0.4) is 0 Å². The second-order valence-corrected chi connectivity index (χ2v) is 8.54. The summed E-state index contributed by atoms with van der Waals surface area (Å²) in [5.74, 6) is 0.941. The molecule has 1 saturated carbocycles. The van der Waals surface area contributed by atoms with E-state index in [-0.39, 0.29) is 5.54 Å². The Hall–Kier alpha value is -0.890. The first-order valence-electron chi connectivity index (χ1n) is 11.9. The first-order valence-corrected chi connectivity index (χ1v) is 11.9. The summed E-state index contributed by atoms with van der Waals surface area (Å²) in [6.07, 6.45) is 9.95. The minimum atomic E-state index is 0.219. The van der Waals surface area contributed by atoms with Crippen molar-refractivity contribution in [1.29, 1.82) is 0 Å². The summed E-state index contributed by atoms with van der Waals surface area (Å²) in [5, 5.41) is 6.93. The van der Waals surface area contributed by atoms with Gasteiger partial charge in [-0.15, -0.1) is 0 Å². The standard InChI is InChI=1S/C22H42N4O3/c1-2-23-21(24-11-6-14-29-20-7-15-27-16-8-20)25-19-22(9-4-3-5-10-22)26-12-17-28-18-13-26/h20H,2-19H2,1H3,(H2,23,24,25). The summed E-state index contributed by atoms with van der Waals surface area (Å²) >= 11 is 0. The minimum Gasteiger partial charge on any atom is -0.381 e. The third-order valence-electron chi connectivity index (χ3n) is 6.48. The number of aliphatic imine (C=N–C) groups is 1. The van der Waals surface area contributed by atoms with Gasteiger partial charge in [-0.2, -0.15) is 0 Å². The summed E-state index contributed by atoms with van der Waals surface area (Å²) in [6.45, 7) is 11.1. The van der Waals surface area contributed by atoms with Gasteiger partial charge >= 0.3 is 0 Å². The number of hydrogen-bond acceptors (Lipinski definition) is 5. The van der Waals surface area contributed by atoms with Gasteiger partial charge in [0, 0.05) is 51.5 Å². The Labute approximate surface area is 176 Å². The Kier molecular flexibility index (Phi) is 10.00. The number of nitrogens with zero attached hydrogens (tertiary/aromatic N) is 2. The summed E-state index contributed by atoms with van der Waals surface area (Å²) < 4.78 is 17.0. The van der Waals surface area contributed by atoms with Gasteiger partial charge in [-0.25, -0.2) is 0 Å². The van der Waals surface area contributed by atoms with Crippen LogP contribution in [0.5, 0.6) is 0 Å². The fourth-order valence-electron chi connectivity index (χ4n) is 4.76. The van der Waals surface area contributed by atoms with Crippen molar-refractivity contribution in [2.24, 2.45) is 4.99 Å². The maximum absolute atomic E-state index is 5.98. The second-order valence-electron chi connectivity index (χ2n) is 8.54. The highest BCUT2D eigenvalue weighted by Gasteiger charge is 2.38. The molecule has 2 heterocycles. The molecule has 0 spiro atoms. The van der Waals surface area contributed by atoms with Crippen LogP contribution in [0.2, 0.25) is 0 Å². The molecule has 0 amide bonds. The normalized spacial score (nSPS) is 24.4. The lowest BCUT2D eigenvalue weighted by Gasteiger charge is -2.47. The van der Waals surface area contributed by atoms with Crippen molar-refractivity contribution in [2.75, 3.05) is 65.8 Å². The van der Waals surface area contributed by atoms with E-state index in [1.165, 1.54) is 32.1 Å². The lowest BCUT2D eigenvalue weighted by atomic mass is 9.80. The van der Waals surface area contributed by atoms with Crippen LogP contribution in [0.25, 0.3) is 0 Å². The quantitative estimate of drug-likeness (QED) is 0.345. The molecule has 3 rings (SSSR count). The predicted octanol–water partition coefficient (Wildman–Crippen LogP) is 2.16. The lowest BCUT2D eigenvalue weighted by Crippen LogP contribution is -2.56. The molecule has 3 aliphatic rings. The zero-order valence-electron chi connectivity index (χ0n) is 18.4. The van der Waals surface area contributed by atoms with Crippen molar-refractivity contribution in [1.82, 2.24) is 15.5 Å². The molecule has 3 fully saturated rings. The Morgan fingerprint density at radius 2 is 1.76 bits per heavy atom. The molecule has 0 radical (unpaired) electrons. The van der Waals surface area contributed by atoms with Gasteiger partial charge in [0.1, 0.15) is 0 Å². The van der Waals surface area contributed by atoms with Crippen LogP contribution >= 0.6 is 0 Å². The van der Waals surface area contributed by atoms with Crippen molar-refractivity contribution >= 4 is 5.96 Å². The van der Waals surface area contributed by atoms with Gasteiger partial charge in [-0.3, -0.25) is 9.89 Å². The molecule has 2 aliphatic heterocycles. The second kappa shape index (κ2) is 12.7. The van der Waals surface area contributed by atoms with Gasteiger partial charge in [0.25, 0.3) is 0 Å². The number of ether oxygens (including phenoxy) is 3. The number of guanidine groups is 1. The summed E-state index contributed by atoms with van der Waals surface area (Å²) in [4.78, 5) is 7.68. The maximum atomic E-state index is 5.98. The SMILES string of the molecule is CCNC(=NCC1(N2CCOCC2)CCCCC1)NCCCOC1CCOCC1. The molecule has 7 heteroatoms. The van der Waals surface area contributed by atoms with E-state index in [0.29, 0.717) is 6.10 Å². The highest BCUT2D eigenvalue weighted by molar-refractivity contribution is 5.79. The van der Waals surface area contributed by atoms with Crippen LogP contribution in [0, 0.1) is 0 Å². The van der Waals surface area contributed by atoms with Crippen LogP contribution < -0.4 is 10.6 Å². The Morgan fingerprint density at radius 1 is 1.03 bits per heavy atom. The van der Waals surface area contributed by atoms with Crippen molar-refractivity contribution in [3.05, 3.63) is 0 Å². The summed E-state index contributed by atoms with van der Waals surface area (Å²) in [7, 11) is 0. The largest absolute Gasteiger partial charge is 0.381 e. The number of morpholine rings is 1. The Balaban J connectivity index is 1.45. The third kappa shape index (κ3) is 7.39. The van der Waals surface area contributed by atoms with Crippen molar-refractivity contribution < 1.29 is 14.2 Å². The van der Waals surface area contributed by atoms with Crippen LogP contribution in [0.4, 0.5) is 0 Å². The van der Waals surface area contributed by atoms with Crippen molar-refractivity contribution in [3.8, 4) is 0 Å². The highest BCUT2D eigenvalue weighted by atomic mass is 16.5. The molecule has 0 unspecified atom stereocenters. The Morgan fingerprint density at radius 3 is 2.48 bits per heavy atom. The molecule has 0 aromatic carbocycles. The topological polar surface area (TPSA) is 67.4 Å². The fourth-order valence-corrected chi connectivity index (χ4v) is 4.76. The molecular formula is C22H42N4O3. The zero-order chi connectivity index (χ0) is 20.2. The minimum absolute atomic E-state index is 0.219. The fraction of sp³-hybridized carbons (Fsp3) is 0.955. The molecule has 0 aromatic rings. The molecule has 0 bridgehead atoms. The zero-order valence-corrected chi connectivity index (χ0v) is 18.4. The van der Waals surface area contributed by atoms with E-state index < -0.39 is 0 Å². The predicted molar refractivity (Wildman–Crippen MR) is 117 cm³/mol. The monoisotopic (exact) mass is 410 g/mol. The van der Waals surface area contributed by atoms with Gasteiger partial charge in [-0.05, 0) is 39.0 Å². The van der Waals surface area contributed by atoms with E-state index in [2.05, 4.69) is 22.5 Å². The maximum Gasteiger partial charge on any atom is 0.191 e. The molecule has 1 aliphatic carbocycles. The van der Waals surface area contributed by atoms with E-state index in [1.54, 1.807) is 0 Å². The van der Waals surface area contributed by atoms with Crippen LogP contribution in [0.15, 0.2) is 4.99 Å². The van der Waals surface area contributed by atoms with E-state index in [4.69, 9.17) is 19.2 Å². The molecule has 2 saturated heterocycles. The number of rotatable bonds is 9. The smallest absolute Gasteiger partial charge is 0.191 e. The van der Waals surface area contributed by atoms with E-state index in [0.717, 1.165) is 91.0 Å². The molecule has 29 heavy (non-hydrogen) atoms. The first kappa shape index (κ1) is 22.8. The molecule has 2 N–H and O–H groups in total. The van der Waals surface area contributed by atoms with Gasteiger partial charge in [0.05, 0.1) is 25.9 Å². The van der Waals surface area contributed by atoms with Gasteiger partial charge in [0.15, 0.2) is 5.96 Å². The lowest BCUT2D eigenvalue weighted by molar-refractivity contribution is -0.0334. The molecule has 7 nitrogen and oxygen atoms in total. The van der Waals surface area contributed by atoms with E-state index in [9.17, 15) is 0 Å².